The Morgan fingerprint density at radius 3 is 2.46 bits per heavy atom. The van der Waals surface area contributed by atoms with Gasteiger partial charge in [0.05, 0.1) is 11.4 Å². The van der Waals surface area contributed by atoms with Crippen LogP contribution in [-0.4, -0.2) is 16.2 Å². The van der Waals surface area contributed by atoms with Gasteiger partial charge in [-0.1, -0.05) is 20.8 Å². The van der Waals surface area contributed by atoms with Gasteiger partial charge in [-0.3, -0.25) is 10.7 Å². The maximum absolute atomic E-state index is 14.2. The molecule has 0 aliphatic heterocycles. The molecule has 0 bridgehead atoms. The van der Waals surface area contributed by atoms with Crippen molar-refractivity contribution in [3.8, 4) is 17.0 Å². The van der Waals surface area contributed by atoms with Gasteiger partial charge in [-0.25, -0.2) is 18.2 Å². The van der Waals surface area contributed by atoms with Crippen molar-refractivity contribution < 1.29 is 17.9 Å². The van der Waals surface area contributed by atoms with Crippen molar-refractivity contribution in [2.75, 3.05) is 0 Å². The molecule has 2 aromatic heterocycles. The SMILES string of the molecule is Cc1nccc(-c2ccc(O[C@H](N)C(C)CC(C)C)c(C(F)F)n2)c1F. The molecule has 2 N–H and O–H groups in total. The lowest BCUT2D eigenvalue weighted by molar-refractivity contribution is 0.111. The van der Waals surface area contributed by atoms with E-state index in [2.05, 4.69) is 23.8 Å². The molecule has 0 saturated carbocycles. The summed E-state index contributed by atoms with van der Waals surface area (Å²) in [5, 5.41) is 0. The van der Waals surface area contributed by atoms with Crippen LogP contribution in [0, 0.1) is 24.6 Å². The van der Waals surface area contributed by atoms with E-state index in [1.807, 2.05) is 6.92 Å². The predicted molar refractivity (Wildman–Crippen MR) is 94.3 cm³/mol. The molecule has 2 heterocycles. The Kier molecular flexibility index (Phi) is 6.58. The summed E-state index contributed by atoms with van der Waals surface area (Å²) in [6, 6.07) is 4.21. The van der Waals surface area contributed by atoms with Crippen LogP contribution in [0.2, 0.25) is 0 Å². The zero-order valence-electron chi connectivity index (χ0n) is 15.3. The molecule has 7 heteroatoms. The quantitative estimate of drug-likeness (QED) is 0.709. The molecule has 0 aliphatic carbocycles. The average molecular weight is 367 g/mol. The average Bonchev–Trinajstić information content (AvgIpc) is 2.57. The van der Waals surface area contributed by atoms with E-state index in [4.69, 9.17) is 10.5 Å². The molecule has 2 rings (SSSR count). The third-order valence-corrected chi connectivity index (χ3v) is 4.10. The number of hydrogen-bond donors (Lipinski definition) is 1. The summed E-state index contributed by atoms with van der Waals surface area (Å²) in [5.41, 5.74) is 5.83. The van der Waals surface area contributed by atoms with E-state index in [0.717, 1.165) is 6.42 Å². The highest BCUT2D eigenvalue weighted by atomic mass is 19.3. The van der Waals surface area contributed by atoms with Crippen LogP contribution in [0.25, 0.3) is 11.3 Å². The molecule has 0 amide bonds. The second kappa shape index (κ2) is 8.49. The van der Waals surface area contributed by atoms with Crippen LogP contribution in [0.4, 0.5) is 13.2 Å². The minimum Gasteiger partial charge on any atom is -0.473 e. The number of aryl methyl sites for hydroxylation is 1. The molecule has 0 radical (unpaired) electrons. The van der Waals surface area contributed by atoms with Crippen molar-refractivity contribution in [1.82, 2.24) is 9.97 Å². The molecular weight excluding hydrogens is 343 g/mol. The number of nitrogens with two attached hydrogens (primary N) is 1. The van der Waals surface area contributed by atoms with E-state index in [0.29, 0.717) is 5.92 Å². The fourth-order valence-corrected chi connectivity index (χ4v) is 2.75. The van der Waals surface area contributed by atoms with Gasteiger partial charge in [0.2, 0.25) is 0 Å². The van der Waals surface area contributed by atoms with Gasteiger partial charge in [0.15, 0.2) is 5.82 Å². The second-order valence-corrected chi connectivity index (χ2v) is 6.83. The summed E-state index contributed by atoms with van der Waals surface area (Å²) < 4.78 is 46.7. The number of rotatable bonds is 7. The summed E-state index contributed by atoms with van der Waals surface area (Å²) in [6.45, 7) is 7.51. The van der Waals surface area contributed by atoms with E-state index in [9.17, 15) is 13.2 Å². The number of aromatic nitrogens is 2. The predicted octanol–water partition coefficient (Wildman–Crippen LogP) is 4.87. The molecule has 4 nitrogen and oxygen atoms in total. The van der Waals surface area contributed by atoms with Crippen LogP contribution in [0.1, 0.15) is 45.0 Å². The van der Waals surface area contributed by atoms with Crippen LogP contribution in [0.15, 0.2) is 24.4 Å². The van der Waals surface area contributed by atoms with Crippen molar-refractivity contribution in [2.45, 2.75) is 46.8 Å². The van der Waals surface area contributed by atoms with E-state index >= 15 is 0 Å². The minimum atomic E-state index is -2.87. The lowest BCUT2D eigenvalue weighted by Crippen LogP contribution is -2.35. The first-order chi connectivity index (χ1) is 12.2. The topological polar surface area (TPSA) is 61.0 Å². The molecular formula is C19H24F3N3O. The molecule has 0 fully saturated rings. The van der Waals surface area contributed by atoms with Crippen molar-refractivity contribution in [3.05, 3.63) is 41.6 Å². The lowest BCUT2D eigenvalue weighted by Gasteiger charge is -2.23. The monoisotopic (exact) mass is 367 g/mol. The maximum atomic E-state index is 14.2. The fourth-order valence-electron chi connectivity index (χ4n) is 2.75. The molecule has 0 saturated heterocycles. The molecule has 0 aliphatic rings. The van der Waals surface area contributed by atoms with Gasteiger partial charge in [0.1, 0.15) is 17.7 Å². The van der Waals surface area contributed by atoms with Crippen molar-refractivity contribution in [2.24, 2.45) is 17.6 Å². The zero-order valence-corrected chi connectivity index (χ0v) is 15.3. The first-order valence-electron chi connectivity index (χ1n) is 8.53. The molecule has 2 atom stereocenters. The highest BCUT2D eigenvalue weighted by molar-refractivity contribution is 5.61. The molecule has 142 valence electrons. The van der Waals surface area contributed by atoms with Crippen LogP contribution >= 0.6 is 0 Å². The van der Waals surface area contributed by atoms with Gasteiger partial charge in [0.25, 0.3) is 6.43 Å². The normalized spacial score (nSPS) is 13.9. The van der Waals surface area contributed by atoms with Gasteiger partial charge < -0.3 is 4.74 Å². The van der Waals surface area contributed by atoms with Crippen LogP contribution in [0.5, 0.6) is 5.75 Å². The Morgan fingerprint density at radius 2 is 1.85 bits per heavy atom. The van der Waals surface area contributed by atoms with Crippen LogP contribution < -0.4 is 10.5 Å². The van der Waals surface area contributed by atoms with Gasteiger partial charge >= 0.3 is 0 Å². The Morgan fingerprint density at radius 1 is 1.15 bits per heavy atom. The van der Waals surface area contributed by atoms with E-state index in [1.165, 1.54) is 31.3 Å². The number of hydrogen-bond acceptors (Lipinski definition) is 4. The highest BCUT2D eigenvalue weighted by Crippen LogP contribution is 2.32. The van der Waals surface area contributed by atoms with Crippen molar-refractivity contribution in [1.29, 1.82) is 0 Å². The Balaban J connectivity index is 2.33. The van der Waals surface area contributed by atoms with Gasteiger partial charge in [-0.15, -0.1) is 0 Å². The molecule has 0 spiro atoms. The van der Waals surface area contributed by atoms with E-state index < -0.39 is 24.2 Å². The van der Waals surface area contributed by atoms with Crippen molar-refractivity contribution in [3.63, 3.8) is 0 Å². The highest BCUT2D eigenvalue weighted by Gasteiger charge is 2.23. The van der Waals surface area contributed by atoms with E-state index in [1.54, 1.807) is 0 Å². The maximum Gasteiger partial charge on any atom is 0.284 e. The molecule has 2 aromatic rings. The third-order valence-electron chi connectivity index (χ3n) is 4.10. The Labute approximate surface area is 151 Å². The molecule has 1 unspecified atom stereocenters. The van der Waals surface area contributed by atoms with Crippen LogP contribution in [0.3, 0.4) is 0 Å². The summed E-state index contributed by atoms with van der Waals surface area (Å²) in [7, 11) is 0. The van der Waals surface area contributed by atoms with Gasteiger partial charge in [-0.2, -0.15) is 0 Å². The zero-order chi connectivity index (χ0) is 19.4. The van der Waals surface area contributed by atoms with Gasteiger partial charge in [0, 0.05) is 17.7 Å². The molecule has 26 heavy (non-hydrogen) atoms. The standard InChI is InChI=1S/C19H24F3N3O/c1-10(2)9-11(3)19(23)26-15-6-5-14(25-17(15)18(21)22)13-7-8-24-12(4)16(13)20/h5-8,10-11,18-19H,9,23H2,1-4H3/t11?,19-/m0/s1. The summed E-state index contributed by atoms with van der Waals surface area (Å²) in [5.74, 6) is -0.276. The van der Waals surface area contributed by atoms with Crippen molar-refractivity contribution >= 4 is 0 Å². The minimum absolute atomic E-state index is 0.0134. The van der Waals surface area contributed by atoms with Crippen LogP contribution in [-0.2, 0) is 0 Å². The smallest absolute Gasteiger partial charge is 0.284 e. The summed E-state index contributed by atoms with van der Waals surface area (Å²) in [4.78, 5) is 7.75. The number of alkyl halides is 2. The number of nitrogens with zero attached hydrogens (tertiary/aromatic N) is 2. The molecule has 0 aromatic carbocycles. The Hall–Kier alpha value is -2.15. The van der Waals surface area contributed by atoms with Gasteiger partial charge in [-0.05, 0) is 37.5 Å². The third kappa shape index (κ3) is 4.72. The first kappa shape index (κ1) is 20.2. The number of ether oxygens (including phenoxy) is 1. The number of halogens is 3. The summed E-state index contributed by atoms with van der Waals surface area (Å²) >= 11 is 0. The first-order valence-corrected chi connectivity index (χ1v) is 8.53. The lowest BCUT2D eigenvalue weighted by atomic mass is 9.98. The Bertz CT molecular complexity index is 753. The van der Waals surface area contributed by atoms with E-state index in [-0.39, 0.29) is 28.6 Å². The fraction of sp³-hybridized carbons (Fsp3) is 0.474. The largest absolute Gasteiger partial charge is 0.473 e. The summed E-state index contributed by atoms with van der Waals surface area (Å²) in [6.07, 6.45) is -1.39. The second-order valence-electron chi connectivity index (χ2n) is 6.83. The number of pyridine rings is 2.